The van der Waals surface area contributed by atoms with Gasteiger partial charge in [0.2, 0.25) is 0 Å². The number of hydrogen-bond acceptors (Lipinski definition) is 4. The minimum Gasteiger partial charge on any atom is -0.399 e. The predicted octanol–water partition coefficient (Wildman–Crippen LogP) is 3.13. The molecule has 1 aliphatic rings. The Kier molecular flexibility index (Phi) is 3.84. The highest BCUT2D eigenvalue weighted by Gasteiger charge is 2.53. The molecular weight excluding hydrogens is 257 g/mol. The highest BCUT2D eigenvalue weighted by molar-refractivity contribution is 7.22. The highest BCUT2D eigenvalue weighted by Crippen LogP contribution is 2.37. The standard InChI is InChI=1S/C14H24BNO2S/c1-8-10-11(19-12(16-10)9(2)3)15-17-13(4,5)14(6,7)18-15/h9H,8H2,1-7H3. The second kappa shape index (κ2) is 4.87. The van der Waals surface area contributed by atoms with Crippen molar-refractivity contribution in [3.05, 3.63) is 10.7 Å². The summed E-state index contributed by atoms with van der Waals surface area (Å²) in [4.78, 5) is 4.73. The van der Waals surface area contributed by atoms with Crippen LogP contribution in [0, 0.1) is 0 Å². The first-order valence-electron chi connectivity index (χ1n) is 7.03. The van der Waals surface area contributed by atoms with E-state index in [1.54, 1.807) is 11.3 Å². The van der Waals surface area contributed by atoms with Crippen molar-refractivity contribution in [3.63, 3.8) is 0 Å². The van der Waals surface area contributed by atoms with Gasteiger partial charge in [-0.15, -0.1) is 11.3 Å². The fraction of sp³-hybridized carbons (Fsp3) is 0.786. The average molecular weight is 281 g/mol. The lowest BCUT2D eigenvalue weighted by molar-refractivity contribution is 0.00578. The minimum atomic E-state index is -0.287. The summed E-state index contributed by atoms with van der Waals surface area (Å²) in [6.07, 6.45) is 0.919. The van der Waals surface area contributed by atoms with Crippen LogP contribution in [0.25, 0.3) is 0 Å². The summed E-state index contributed by atoms with van der Waals surface area (Å²) in [5.74, 6) is 0.450. The van der Waals surface area contributed by atoms with Crippen LogP contribution in [0.3, 0.4) is 0 Å². The Morgan fingerprint density at radius 3 is 2.11 bits per heavy atom. The van der Waals surface area contributed by atoms with Gasteiger partial charge in [0, 0.05) is 5.92 Å². The smallest absolute Gasteiger partial charge is 0.399 e. The van der Waals surface area contributed by atoms with E-state index in [0.29, 0.717) is 5.92 Å². The molecule has 0 spiro atoms. The van der Waals surface area contributed by atoms with Gasteiger partial charge in [0.05, 0.1) is 26.7 Å². The number of aromatic nitrogens is 1. The van der Waals surface area contributed by atoms with Gasteiger partial charge in [-0.1, -0.05) is 20.8 Å². The van der Waals surface area contributed by atoms with Gasteiger partial charge in [-0.05, 0) is 34.1 Å². The van der Waals surface area contributed by atoms with Crippen LogP contribution >= 0.6 is 11.3 Å². The molecule has 0 atom stereocenters. The van der Waals surface area contributed by atoms with Gasteiger partial charge in [-0.2, -0.15) is 0 Å². The first-order valence-corrected chi connectivity index (χ1v) is 7.84. The van der Waals surface area contributed by atoms with Crippen molar-refractivity contribution in [2.24, 2.45) is 0 Å². The van der Waals surface area contributed by atoms with Crippen molar-refractivity contribution in [3.8, 4) is 0 Å². The van der Waals surface area contributed by atoms with Crippen molar-refractivity contribution in [1.82, 2.24) is 4.98 Å². The van der Waals surface area contributed by atoms with E-state index in [1.807, 2.05) is 0 Å². The molecule has 0 amide bonds. The topological polar surface area (TPSA) is 31.4 Å². The molecule has 1 aromatic heterocycles. The van der Waals surface area contributed by atoms with Crippen LogP contribution in [0.1, 0.15) is 65.1 Å². The fourth-order valence-electron chi connectivity index (χ4n) is 2.02. The molecule has 1 aliphatic heterocycles. The lowest BCUT2D eigenvalue weighted by atomic mass is 9.86. The number of nitrogens with zero attached hydrogens (tertiary/aromatic N) is 1. The summed E-state index contributed by atoms with van der Waals surface area (Å²) in [5.41, 5.74) is 0.544. The van der Waals surface area contributed by atoms with E-state index < -0.39 is 0 Å². The van der Waals surface area contributed by atoms with Gasteiger partial charge >= 0.3 is 7.12 Å². The summed E-state index contributed by atoms with van der Waals surface area (Å²) in [6.45, 7) is 14.8. The first kappa shape index (κ1) is 15.0. The van der Waals surface area contributed by atoms with Crippen LogP contribution in [0.5, 0.6) is 0 Å². The van der Waals surface area contributed by atoms with Crippen LogP contribution in [0.2, 0.25) is 0 Å². The third-order valence-electron chi connectivity index (χ3n) is 4.04. The number of hydrogen-bond donors (Lipinski definition) is 0. The zero-order valence-electron chi connectivity index (χ0n) is 13.0. The lowest BCUT2D eigenvalue weighted by Crippen LogP contribution is -2.41. The molecule has 0 radical (unpaired) electrons. The summed E-state index contributed by atoms with van der Waals surface area (Å²) in [6, 6.07) is 0. The van der Waals surface area contributed by atoms with Gasteiger partial charge < -0.3 is 9.31 Å². The van der Waals surface area contributed by atoms with Gasteiger partial charge in [-0.3, -0.25) is 0 Å². The Balaban J connectivity index is 2.33. The van der Waals surface area contributed by atoms with Crippen LogP contribution < -0.4 is 4.78 Å². The van der Waals surface area contributed by atoms with Crippen LogP contribution in [-0.4, -0.2) is 23.3 Å². The molecule has 0 aromatic carbocycles. The maximum absolute atomic E-state index is 6.13. The Bertz CT molecular complexity index is 452. The Hall–Kier alpha value is -0.385. The van der Waals surface area contributed by atoms with Gasteiger partial charge in [0.1, 0.15) is 0 Å². The zero-order valence-corrected chi connectivity index (χ0v) is 13.9. The van der Waals surface area contributed by atoms with E-state index in [9.17, 15) is 0 Å². The number of thiazole rings is 1. The molecule has 0 unspecified atom stereocenters. The lowest BCUT2D eigenvalue weighted by Gasteiger charge is -2.32. The molecule has 0 N–H and O–H groups in total. The quantitative estimate of drug-likeness (QED) is 0.798. The predicted molar refractivity (Wildman–Crippen MR) is 81.3 cm³/mol. The van der Waals surface area contributed by atoms with Crippen LogP contribution in [-0.2, 0) is 15.7 Å². The van der Waals surface area contributed by atoms with Gasteiger partial charge in [0.15, 0.2) is 0 Å². The van der Waals surface area contributed by atoms with Crippen LogP contribution in [0.15, 0.2) is 0 Å². The molecule has 5 heteroatoms. The van der Waals surface area contributed by atoms with Crippen molar-refractivity contribution in [2.75, 3.05) is 0 Å². The largest absolute Gasteiger partial charge is 0.507 e. The zero-order chi connectivity index (χ0) is 14.4. The third kappa shape index (κ3) is 2.60. The highest BCUT2D eigenvalue weighted by atomic mass is 32.1. The molecule has 1 fully saturated rings. The molecular formula is C14H24BNO2S. The minimum absolute atomic E-state index is 0.273. The van der Waals surface area contributed by atoms with E-state index in [1.165, 1.54) is 5.01 Å². The fourth-order valence-corrected chi connectivity index (χ4v) is 3.13. The molecule has 1 aromatic rings. The van der Waals surface area contributed by atoms with E-state index in [2.05, 4.69) is 48.5 Å². The second-order valence-corrected chi connectivity index (χ2v) is 7.52. The molecule has 0 saturated carbocycles. The molecule has 106 valence electrons. The van der Waals surface area contributed by atoms with E-state index >= 15 is 0 Å². The summed E-state index contributed by atoms with van der Waals surface area (Å²) in [7, 11) is -0.273. The first-order chi connectivity index (χ1) is 8.68. The van der Waals surface area contributed by atoms with Crippen LogP contribution in [0.4, 0.5) is 0 Å². The maximum atomic E-state index is 6.13. The van der Waals surface area contributed by atoms with E-state index in [0.717, 1.165) is 16.9 Å². The molecule has 0 bridgehead atoms. The SMILES string of the molecule is CCc1nc(C(C)C)sc1B1OC(C)(C)C(C)(C)O1. The molecule has 2 rings (SSSR count). The van der Waals surface area contributed by atoms with Crippen molar-refractivity contribution >= 4 is 23.2 Å². The molecule has 2 heterocycles. The molecule has 1 saturated heterocycles. The Morgan fingerprint density at radius 2 is 1.68 bits per heavy atom. The summed E-state index contributed by atoms with van der Waals surface area (Å²) >= 11 is 1.73. The number of rotatable bonds is 3. The van der Waals surface area contributed by atoms with E-state index in [4.69, 9.17) is 14.3 Å². The number of aryl methyl sites for hydroxylation is 1. The van der Waals surface area contributed by atoms with Gasteiger partial charge in [-0.25, -0.2) is 4.98 Å². The third-order valence-corrected chi connectivity index (χ3v) is 5.46. The van der Waals surface area contributed by atoms with Crippen molar-refractivity contribution in [2.45, 2.75) is 72.0 Å². The van der Waals surface area contributed by atoms with Crippen molar-refractivity contribution < 1.29 is 9.31 Å². The average Bonchev–Trinajstić information content (AvgIpc) is 2.78. The summed E-state index contributed by atoms with van der Waals surface area (Å²) < 4.78 is 13.4. The summed E-state index contributed by atoms with van der Waals surface area (Å²) in [5, 5.41) is 1.17. The van der Waals surface area contributed by atoms with E-state index in [-0.39, 0.29) is 18.3 Å². The Morgan fingerprint density at radius 1 is 1.16 bits per heavy atom. The molecule has 0 aliphatic carbocycles. The second-order valence-electron chi connectivity index (χ2n) is 6.46. The molecule has 3 nitrogen and oxygen atoms in total. The maximum Gasteiger partial charge on any atom is 0.507 e. The van der Waals surface area contributed by atoms with Gasteiger partial charge in [0.25, 0.3) is 0 Å². The molecule has 19 heavy (non-hydrogen) atoms. The normalized spacial score (nSPS) is 21.4. The van der Waals surface area contributed by atoms with Crippen molar-refractivity contribution in [1.29, 1.82) is 0 Å². The monoisotopic (exact) mass is 281 g/mol. The Labute approximate surface area is 120 Å².